The van der Waals surface area contributed by atoms with E-state index in [0.717, 1.165) is 16.7 Å². The van der Waals surface area contributed by atoms with E-state index in [1.54, 1.807) is 14.2 Å². The van der Waals surface area contributed by atoms with Crippen molar-refractivity contribution >= 4 is 11.9 Å². The van der Waals surface area contributed by atoms with E-state index in [-0.39, 0.29) is 12.4 Å². The molecule has 2 aromatic rings. The van der Waals surface area contributed by atoms with Gasteiger partial charge in [-0.1, -0.05) is 18.2 Å². The topological polar surface area (TPSA) is 44.8 Å². The van der Waals surface area contributed by atoms with Crippen LogP contribution >= 0.6 is 0 Å². The van der Waals surface area contributed by atoms with Crippen molar-refractivity contribution < 1.29 is 19.0 Å². The van der Waals surface area contributed by atoms with E-state index < -0.39 is 0 Å². The van der Waals surface area contributed by atoms with Crippen LogP contribution in [0, 0.1) is 13.8 Å². The third-order valence-corrected chi connectivity index (χ3v) is 4.20. The lowest BCUT2D eigenvalue weighted by Crippen LogP contribution is -2.21. The van der Waals surface area contributed by atoms with E-state index in [1.165, 1.54) is 0 Å². The molecular weight excluding hydrogens is 304 g/mol. The highest BCUT2D eigenvalue weighted by molar-refractivity contribution is 6.15. The number of hydrogen-bond acceptors (Lipinski definition) is 4. The summed E-state index contributed by atoms with van der Waals surface area (Å²) in [4.78, 5) is 12.9. The first kappa shape index (κ1) is 16.1. The molecule has 0 radical (unpaired) electrons. The Kier molecular flexibility index (Phi) is 4.30. The minimum absolute atomic E-state index is 0.0206. The van der Waals surface area contributed by atoms with Crippen LogP contribution in [0.15, 0.2) is 35.9 Å². The van der Waals surface area contributed by atoms with Crippen LogP contribution in [0.25, 0.3) is 6.08 Å². The van der Waals surface area contributed by atoms with Crippen LogP contribution in [0.5, 0.6) is 17.2 Å². The molecule has 124 valence electrons. The summed E-state index contributed by atoms with van der Waals surface area (Å²) in [6.45, 7) is 4.15. The van der Waals surface area contributed by atoms with Crippen LogP contribution in [0.2, 0.25) is 0 Å². The van der Waals surface area contributed by atoms with Gasteiger partial charge in [0.15, 0.2) is 17.3 Å². The van der Waals surface area contributed by atoms with Crippen LogP contribution in [-0.2, 0) is 0 Å². The zero-order valence-corrected chi connectivity index (χ0v) is 14.3. The third kappa shape index (κ3) is 2.75. The first-order chi connectivity index (χ1) is 11.5. The number of ether oxygens (including phenoxy) is 3. The smallest absolute Gasteiger partial charge is 0.196 e. The van der Waals surface area contributed by atoms with Crippen molar-refractivity contribution in [1.29, 1.82) is 0 Å². The molecule has 0 fully saturated rings. The number of carbonyl (C=O) groups is 1. The Hall–Kier alpha value is -2.75. The molecule has 0 amide bonds. The van der Waals surface area contributed by atoms with Gasteiger partial charge in [0.05, 0.1) is 19.8 Å². The summed E-state index contributed by atoms with van der Waals surface area (Å²) in [5, 5.41) is 0. The largest absolute Gasteiger partial charge is 0.493 e. The van der Waals surface area contributed by atoms with Crippen LogP contribution in [0.3, 0.4) is 0 Å². The summed E-state index contributed by atoms with van der Waals surface area (Å²) < 4.78 is 16.4. The second-order valence-corrected chi connectivity index (χ2v) is 5.81. The number of hydrogen-bond donors (Lipinski definition) is 0. The molecule has 4 heteroatoms. The predicted molar refractivity (Wildman–Crippen MR) is 93.3 cm³/mol. The maximum Gasteiger partial charge on any atom is 0.196 e. The second kappa shape index (κ2) is 6.40. The van der Waals surface area contributed by atoms with Gasteiger partial charge in [-0.25, -0.2) is 0 Å². The molecule has 1 heterocycles. The highest BCUT2D eigenvalue weighted by Gasteiger charge is 2.26. The summed E-state index contributed by atoms with van der Waals surface area (Å²) in [6.07, 6.45) is 1.84. The van der Waals surface area contributed by atoms with Gasteiger partial charge >= 0.3 is 0 Å². The fourth-order valence-electron chi connectivity index (χ4n) is 2.88. The molecular formula is C20H20O4. The molecule has 2 aromatic carbocycles. The van der Waals surface area contributed by atoms with Gasteiger partial charge < -0.3 is 14.2 Å². The van der Waals surface area contributed by atoms with Crippen LogP contribution < -0.4 is 14.2 Å². The van der Waals surface area contributed by atoms with Crippen LogP contribution in [0.4, 0.5) is 0 Å². The molecule has 0 aromatic heterocycles. The van der Waals surface area contributed by atoms with E-state index >= 15 is 0 Å². The predicted octanol–water partition coefficient (Wildman–Crippen LogP) is 3.98. The first-order valence-corrected chi connectivity index (χ1v) is 7.75. The Morgan fingerprint density at radius 3 is 2.42 bits per heavy atom. The maximum atomic E-state index is 12.9. The zero-order chi connectivity index (χ0) is 17.3. The van der Waals surface area contributed by atoms with Crippen LogP contribution in [-0.4, -0.2) is 26.6 Å². The van der Waals surface area contributed by atoms with Crippen molar-refractivity contribution in [3.8, 4) is 17.2 Å². The normalized spacial score (nSPS) is 15.0. The molecule has 0 saturated carbocycles. The van der Waals surface area contributed by atoms with Gasteiger partial charge in [0, 0.05) is 5.57 Å². The monoisotopic (exact) mass is 324 g/mol. The number of Topliss-reactive ketones (excluding diaryl/α,β-unsaturated/α-hetero) is 1. The number of carbonyl (C=O) groups excluding carboxylic acids is 1. The minimum Gasteiger partial charge on any atom is -0.493 e. The fourth-order valence-corrected chi connectivity index (χ4v) is 2.88. The SMILES string of the molecule is COc1ccc(/C=C2\COc3c(C)ccc(C)c3C2=O)cc1OC. The lowest BCUT2D eigenvalue weighted by Gasteiger charge is -2.22. The van der Waals surface area contributed by atoms with Gasteiger partial charge in [-0.15, -0.1) is 0 Å². The van der Waals surface area contributed by atoms with Crippen molar-refractivity contribution in [2.75, 3.05) is 20.8 Å². The summed E-state index contributed by atoms with van der Waals surface area (Å²) in [7, 11) is 3.18. The van der Waals surface area contributed by atoms with Gasteiger partial charge in [0.25, 0.3) is 0 Å². The lowest BCUT2D eigenvalue weighted by molar-refractivity contribution is 0.0999. The summed E-state index contributed by atoms with van der Waals surface area (Å²) >= 11 is 0. The van der Waals surface area contributed by atoms with Crippen LogP contribution in [0.1, 0.15) is 27.0 Å². The first-order valence-electron chi connectivity index (χ1n) is 7.75. The minimum atomic E-state index is 0.0206. The number of rotatable bonds is 3. The maximum absolute atomic E-state index is 12.9. The highest BCUT2D eigenvalue weighted by atomic mass is 16.5. The van der Waals surface area contributed by atoms with Crippen molar-refractivity contribution in [2.45, 2.75) is 13.8 Å². The molecule has 24 heavy (non-hydrogen) atoms. The lowest BCUT2D eigenvalue weighted by atomic mass is 9.93. The molecule has 4 nitrogen and oxygen atoms in total. The van der Waals surface area contributed by atoms with Gasteiger partial charge in [0.1, 0.15) is 12.4 Å². The quantitative estimate of drug-likeness (QED) is 0.801. The van der Waals surface area contributed by atoms with Gasteiger partial charge in [-0.05, 0) is 48.7 Å². The van der Waals surface area contributed by atoms with Crippen molar-refractivity contribution in [2.24, 2.45) is 0 Å². The zero-order valence-electron chi connectivity index (χ0n) is 14.3. The number of ketones is 1. The standard InChI is InChI=1S/C20H20O4/c1-12-5-6-13(2)20-18(12)19(21)15(11-24-20)9-14-7-8-16(22-3)17(10-14)23-4/h5-10H,11H2,1-4H3/b15-9+. The Morgan fingerprint density at radius 1 is 1.00 bits per heavy atom. The highest BCUT2D eigenvalue weighted by Crippen LogP contribution is 2.34. The second-order valence-electron chi connectivity index (χ2n) is 5.81. The average Bonchev–Trinajstić information content (AvgIpc) is 2.60. The molecule has 0 aliphatic carbocycles. The Balaban J connectivity index is 2.01. The van der Waals surface area contributed by atoms with Crippen molar-refractivity contribution in [3.05, 3.63) is 58.2 Å². The molecule has 0 saturated heterocycles. The third-order valence-electron chi connectivity index (χ3n) is 4.20. The Bertz CT molecular complexity index is 834. The van der Waals surface area contributed by atoms with E-state index in [0.29, 0.717) is 28.4 Å². The van der Waals surface area contributed by atoms with Crippen molar-refractivity contribution in [3.63, 3.8) is 0 Å². The molecule has 0 spiro atoms. The molecule has 0 unspecified atom stereocenters. The fraction of sp³-hybridized carbons (Fsp3) is 0.250. The van der Waals surface area contributed by atoms with E-state index in [9.17, 15) is 4.79 Å². The van der Waals surface area contributed by atoms with E-state index in [1.807, 2.05) is 50.3 Å². The van der Waals surface area contributed by atoms with E-state index in [4.69, 9.17) is 14.2 Å². The molecule has 3 rings (SSSR count). The van der Waals surface area contributed by atoms with Crippen molar-refractivity contribution in [1.82, 2.24) is 0 Å². The van der Waals surface area contributed by atoms with Gasteiger partial charge in [-0.3, -0.25) is 4.79 Å². The number of fused-ring (bicyclic) bond motifs is 1. The van der Waals surface area contributed by atoms with Gasteiger partial charge in [0.2, 0.25) is 0 Å². The Labute approximate surface area is 141 Å². The molecule has 1 aliphatic heterocycles. The number of benzene rings is 2. The van der Waals surface area contributed by atoms with Gasteiger partial charge in [-0.2, -0.15) is 0 Å². The Morgan fingerprint density at radius 2 is 1.71 bits per heavy atom. The molecule has 1 aliphatic rings. The average molecular weight is 324 g/mol. The van der Waals surface area contributed by atoms with E-state index in [2.05, 4.69) is 0 Å². The molecule has 0 atom stereocenters. The summed E-state index contributed by atoms with van der Waals surface area (Å²) in [6, 6.07) is 9.49. The molecule has 0 bridgehead atoms. The summed E-state index contributed by atoms with van der Waals surface area (Å²) in [5.74, 6) is 2.00. The molecule has 0 N–H and O–H groups in total. The summed E-state index contributed by atoms with van der Waals surface area (Å²) in [5.41, 5.74) is 4.07. The number of methoxy groups -OCH3 is 2. The number of aryl methyl sites for hydroxylation is 2.